The second kappa shape index (κ2) is 7.69. The van der Waals surface area contributed by atoms with Gasteiger partial charge in [0.1, 0.15) is 0 Å². The number of phenolic OH excluding ortho intramolecular Hbond substituents is 1. The van der Waals surface area contributed by atoms with Crippen molar-refractivity contribution in [2.75, 3.05) is 53.0 Å². The summed E-state index contributed by atoms with van der Waals surface area (Å²) in [5.74, 6) is 0.209. The fourth-order valence-electron chi connectivity index (χ4n) is 3.82. The number of amides is 3. The summed E-state index contributed by atoms with van der Waals surface area (Å²) in [7, 11) is 1.46. The van der Waals surface area contributed by atoms with Crippen LogP contribution < -0.4 is 15.4 Å². The van der Waals surface area contributed by atoms with Crippen LogP contribution in [0.15, 0.2) is 29.5 Å². The van der Waals surface area contributed by atoms with Crippen molar-refractivity contribution in [1.29, 1.82) is 0 Å². The second-order valence-corrected chi connectivity index (χ2v) is 7.04. The molecule has 0 spiro atoms. The molecule has 3 aliphatic rings. The van der Waals surface area contributed by atoms with Crippen molar-refractivity contribution in [3.8, 4) is 11.5 Å². The Hall–Kier alpha value is -2.78. The average Bonchev–Trinajstić information content (AvgIpc) is 3.02. The van der Waals surface area contributed by atoms with Crippen LogP contribution in [0.4, 0.5) is 4.79 Å². The Morgan fingerprint density at radius 2 is 2.04 bits per heavy atom. The van der Waals surface area contributed by atoms with Gasteiger partial charge in [-0.2, -0.15) is 0 Å². The number of urea groups is 1. The number of morpholine rings is 1. The van der Waals surface area contributed by atoms with Crippen LogP contribution in [0, 0.1) is 0 Å². The zero-order chi connectivity index (χ0) is 19.7. The summed E-state index contributed by atoms with van der Waals surface area (Å²) in [5.41, 5.74) is 1.85. The van der Waals surface area contributed by atoms with Crippen LogP contribution in [0.5, 0.6) is 11.5 Å². The molecule has 0 unspecified atom stereocenters. The van der Waals surface area contributed by atoms with Gasteiger partial charge in [-0.05, 0) is 17.7 Å². The molecule has 4 rings (SSSR count). The number of benzene rings is 1. The van der Waals surface area contributed by atoms with Crippen molar-refractivity contribution in [2.24, 2.45) is 0 Å². The quantitative estimate of drug-likeness (QED) is 0.665. The fourth-order valence-corrected chi connectivity index (χ4v) is 3.82. The second-order valence-electron chi connectivity index (χ2n) is 7.04. The molecule has 0 aliphatic carbocycles. The first-order valence-corrected chi connectivity index (χ1v) is 9.33. The maximum Gasteiger partial charge on any atom is 0.319 e. The number of ether oxygens (including phenoxy) is 2. The molecule has 0 bridgehead atoms. The number of phenols is 1. The number of carbonyl (C=O) groups is 2. The summed E-state index contributed by atoms with van der Waals surface area (Å²) in [5, 5.41) is 15.4. The summed E-state index contributed by atoms with van der Waals surface area (Å²) in [6.45, 7) is 4.91. The van der Waals surface area contributed by atoms with Gasteiger partial charge in [0.15, 0.2) is 11.5 Å². The van der Waals surface area contributed by atoms with Crippen LogP contribution in [0.2, 0.25) is 0 Å². The van der Waals surface area contributed by atoms with Crippen LogP contribution in [0.25, 0.3) is 0 Å². The first kappa shape index (κ1) is 18.6. The van der Waals surface area contributed by atoms with Gasteiger partial charge in [-0.25, -0.2) is 4.79 Å². The van der Waals surface area contributed by atoms with Gasteiger partial charge in [0.25, 0.3) is 5.91 Å². The molecule has 3 amide bonds. The van der Waals surface area contributed by atoms with Crippen molar-refractivity contribution in [3.05, 3.63) is 35.0 Å². The molecule has 1 fully saturated rings. The summed E-state index contributed by atoms with van der Waals surface area (Å²) >= 11 is 0. The van der Waals surface area contributed by atoms with Gasteiger partial charge in [0, 0.05) is 26.2 Å². The predicted octanol–water partition coefficient (Wildman–Crippen LogP) is 0.183. The standard InChI is InChI=1S/C19H24N4O5/c1-27-15-10-12(2-3-14(15)24)17-16-13(20-19(26)21-17)11-23(18(16)25)5-4-22-6-8-28-9-7-22/h2-3,10,17,24H,4-9,11H2,1H3,(H2,20,21,26)/t17-/m0/s1. The van der Waals surface area contributed by atoms with Crippen LogP contribution in [-0.4, -0.2) is 79.9 Å². The molecule has 3 N–H and O–H groups in total. The highest BCUT2D eigenvalue weighted by Crippen LogP contribution is 2.36. The third-order valence-corrected chi connectivity index (χ3v) is 5.35. The normalized spacial score (nSPS) is 22.8. The molecule has 9 heteroatoms. The predicted molar refractivity (Wildman–Crippen MR) is 99.9 cm³/mol. The third kappa shape index (κ3) is 3.50. The van der Waals surface area contributed by atoms with E-state index in [2.05, 4.69) is 15.5 Å². The number of methoxy groups -OCH3 is 1. The van der Waals surface area contributed by atoms with Crippen LogP contribution in [0.1, 0.15) is 11.6 Å². The molecule has 0 radical (unpaired) electrons. The third-order valence-electron chi connectivity index (χ3n) is 5.35. The number of rotatable bonds is 5. The maximum absolute atomic E-state index is 13.1. The van der Waals surface area contributed by atoms with Gasteiger partial charge in [-0.3, -0.25) is 9.69 Å². The molecule has 3 aliphatic heterocycles. The van der Waals surface area contributed by atoms with Gasteiger partial charge in [0.05, 0.1) is 44.2 Å². The van der Waals surface area contributed by atoms with Crippen LogP contribution in [-0.2, 0) is 9.53 Å². The molecule has 0 saturated carbocycles. The van der Waals surface area contributed by atoms with Gasteiger partial charge in [0.2, 0.25) is 0 Å². The minimum Gasteiger partial charge on any atom is -0.504 e. The van der Waals surface area contributed by atoms with Crippen LogP contribution >= 0.6 is 0 Å². The van der Waals surface area contributed by atoms with Gasteiger partial charge in [-0.15, -0.1) is 0 Å². The Morgan fingerprint density at radius 3 is 2.79 bits per heavy atom. The Balaban J connectivity index is 1.52. The number of hydrogen-bond donors (Lipinski definition) is 3. The Bertz CT molecular complexity index is 819. The van der Waals surface area contributed by atoms with Crippen molar-refractivity contribution in [1.82, 2.24) is 20.4 Å². The smallest absolute Gasteiger partial charge is 0.319 e. The SMILES string of the molecule is COc1cc([C@@H]2NC(=O)NC3=C2C(=O)N(CCN2CCOCC2)C3)ccc1O. The summed E-state index contributed by atoms with van der Waals surface area (Å²) in [6, 6.07) is 3.89. The summed E-state index contributed by atoms with van der Waals surface area (Å²) < 4.78 is 10.5. The zero-order valence-electron chi connectivity index (χ0n) is 15.7. The first-order chi connectivity index (χ1) is 13.6. The van der Waals surface area contributed by atoms with E-state index in [-0.39, 0.29) is 17.7 Å². The maximum atomic E-state index is 13.1. The molecule has 150 valence electrons. The van der Waals surface area contributed by atoms with E-state index in [0.717, 1.165) is 19.6 Å². The molecule has 9 nitrogen and oxygen atoms in total. The lowest BCUT2D eigenvalue weighted by Gasteiger charge is -2.28. The molecular formula is C19H24N4O5. The first-order valence-electron chi connectivity index (χ1n) is 9.33. The minimum atomic E-state index is -0.584. The molecule has 1 aromatic rings. The van der Waals surface area contributed by atoms with E-state index in [1.54, 1.807) is 17.0 Å². The Kier molecular flexibility index (Phi) is 5.10. The van der Waals surface area contributed by atoms with E-state index >= 15 is 0 Å². The molecule has 1 atom stereocenters. The lowest BCUT2D eigenvalue weighted by atomic mass is 9.96. The monoisotopic (exact) mass is 388 g/mol. The number of nitrogens with one attached hydrogen (secondary N) is 2. The number of nitrogens with zero attached hydrogens (tertiary/aromatic N) is 2. The molecule has 28 heavy (non-hydrogen) atoms. The van der Waals surface area contributed by atoms with Crippen molar-refractivity contribution in [2.45, 2.75) is 6.04 Å². The Morgan fingerprint density at radius 1 is 1.25 bits per heavy atom. The molecule has 1 aromatic carbocycles. The lowest BCUT2D eigenvalue weighted by Crippen LogP contribution is -2.44. The highest BCUT2D eigenvalue weighted by molar-refractivity contribution is 6.01. The van der Waals surface area contributed by atoms with E-state index in [1.807, 2.05) is 0 Å². The largest absolute Gasteiger partial charge is 0.504 e. The summed E-state index contributed by atoms with van der Waals surface area (Å²) in [6.07, 6.45) is 0. The highest BCUT2D eigenvalue weighted by atomic mass is 16.5. The van der Waals surface area contributed by atoms with E-state index in [0.29, 0.717) is 48.9 Å². The van der Waals surface area contributed by atoms with E-state index in [9.17, 15) is 14.7 Å². The Labute approximate surface area is 162 Å². The van der Waals surface area contributed by atoms with Gasteiger partial charge >= 0.3 is 6.03 Å². The van der Waals surface area contributed by atoms with E-state index < -0.39 is 6.04 Å². The lowest BCUT2D eigenvalue weighted by molar-refractivity contribution is -0.126. The van der Waals surface area contributed by atoms with Gasteiger partial charge in [-0.1, -0.05) is 6.07 Å². The zero-order valence-corrected chi connectivity index (χ0v) is 15.7. The molecule has 3 heterocycles. The van der Waals surface area contributed by atoms with Crippen LogP contribution in [0.3, 0.4) is 0 Å². The molecule has 0 aromatic heterocycles. The number of carbonyl (C=O) groups excluding carboxylic acids is 2. The number of aromatic hydroxyl groups is 1. The molecular weight excluding hydrogens is 364 g/mol. The van der Waals surface area contributed by atoms with Gasteiger partial charge < -0.3 is 30.1 Å². The van der Waals surface area contributed by atoms with Crippen molar-refractivity contribution in [3.63, 3.8) is 0 Å². The minimum absolute atomic E-state index is 0.00519. The van der Waals surface area contributed by atoms with E-state index in [4.69, 9.17) is 9.47 Å². The molecule has 1 saturated heterocycles. The van der Waals surface area contributed by atoms with Crippen molar-refractivity contribution >= 4 is 11.9 Å². The summed E-state index contributed by atoms with van der Waals surface area (Å²) in [4.78, 5) is 29.3. The van der Waals surface area contributed by atoms with Crippen molar-refractivity contribution < 1.29 is 24.2 Å². The average molecular weight is 388 g/mol. The topological polar surface area (TPSA) is 103 Å². The van der Waals surface area contributed by atoms with E-state index in [1.165, 1.54) is 13.2 Å². The number of hydrogen-bond acceptors (Lipinski definition) is 6. The fraction of sp³-hybridized carbons (Fsp3) is 0.474. The highest BCUT2D eigenvalue weighted by Gasteiger charge is 2.40.